The molecule has 1 aliphatic heterocycles. The van der Waals surface area contributed by atoms with E-state index in [1.54, 1.807) is 14.2 Å². The third-order valence-electron chi connectivity index (χ3n) is 5.27. The van der Waals surface area contributed by atoms with Gasteiger partial charge >= 0.3 is 0 Å². The van der Waals surface area contributed by atoms with Crippen LogP contribution in [-0.4, -0.2) is 39.9 Å². The number of rotatable bonds is 6. The number of nitrogens with zero attached hydrogens (tertiary/aromatic N) is 1. The first-order valence-corrected chi connectivity index (χ1v) is 9.50. The predicted molar refractivity (Wildman–Crippen MR) is 113 cm³/mol. The Labute approximate surface area is 166 Å². The predicted octanol–water partition coefficient (Wildman–Crippen LogP) is 3.49. The van der Waals surface area contributed by atoms with Crippen LogP contribution in [0.3, 0.4) is 0 Å². The fourth-order valence-electron chi connectivity index (χ4n) is 3.64. The molecule has 0 spiro atoms. The van der Waals surface area contributed by atoms with Gasteiger partial charge in [-0.05, 0) is 38.0 Å². The average molecular weight is 383 g/mol. The van der Waals surface area contributed by atoms with Crippen molar-refractivity contribution in [3.05, 3.63) is 53.6 Å². The molecule has 2 aromatic rings. The molecule has 0 bridgehead atoms. The lowest BCUT2D eigenvalue weighted by molar-refractivity contribution is 0.0523. The fraction of sp³-hybridized carbons (Fsp3) is 0.409. The van der Waals surface area contributed by atoms with E-state index < -0.39 is 0 Å². The monoisotopic (exact) mass is 383 g/mol. The standard InChI is InChI=1S/C22H29N3O3/c1-16-7-8-20(27-3)19(13-16)22(9-11-28-12-10-22)15-24-21(23)25-17-5-4-6-18(14-17)26-2/h4-8,13-14H,9-12,15H2,1-3H3,(H3,23,24,25). The summed E-state index contributed by atoms with van der Waals surface area (Å²) in [5, 5.41) is 3.15. The highest BCUT2D eigenvalue weighted by atomic mass is 16.5. The second-order valence-corrected chi connectivity index (χ2v) is 7.15. The van der Waals surface area contributed by atoms with Crippen LogP contribution in [-0.2, 0) is 10.2 Å². The van der Waals surface area contributed by atoms with Crippen LogP contribution < -0.4 is 20.5 Å². The molecule has 6 heteroatoms. The second kappa shape index (κ2) is 8.97. The van der Waals surface area contributed by atoms with Gasteiger partial charge in [-0.3, -0.25) is 4.99 Å². The molecular formula is C22H29N3O3. The van der Waals surface area contributed by atoms with Crippen molar-refractivity contribution in [2.24, 2.45) is 10.7 Å². The Kier molecular flexibility index (Phi) is 6.41. The van der Waals surface area contributed by atoms with E-state index >= 15 is 0 Å². The number of benzene rings is 2. The van der Waals surface area contributed by atoms with Crippen molar-refractivity contribution in [1.82, 2.24) is 0 Å². The molecule has 2 aromatic carbocycles. The van der Waals surface area contributed by atoms with Crippen molar-refractivity contribution in [2.45, 2.75) is 25.2 Å². The molecule has 0 aromatic heterocycles. The normalized spacial score (nSPS) is 16.5. The van der Waals surface area contributed by atoms with Gasteiger partial charge in [0.15, 0.2) is 5.96 Å². The van der Waals surface area contributed by atoms with E-state index in [4.69, 9.17) is 19.9 Å². The van der Waals surface area contributed by atoms with E-state index in [1.165, 1.54) is 11.1 Å². The summed E-state index contributed by atoms with van der Waals surface area (Å²) < 4.78 is 16.5. The van der Waals surface area contributed by atoms with Crippen LogP contribution in [0.15, 0.2) is 47.5 Å². The van der Waals surface area contributed by atoms with Gasteiger partial charge in [0, 0.05) is 35.9 Å². The average Bonchev–Trinajstić information content (AvgIpc) is 2.73. The van der Waals surface area contributed by atoms with Crippen LogP contribution in [0, 0.1) is 6.92 Å². The molecule has 0 saturated carbocycles. The maximum Gasteiger partial charge on any atom is 0.193 e. The minimum absolute atomic E-state index is 0.156. The second-order valence-electron chi connectivity index (χ2n) is 7.15. The maximum absolute atomic E-state index is 6.19. The summed E-state index contributed by atoms with van der Waals surface area (Å²) in [5.41, 5.74) is 9.25. The van der Waals surface area contributed by atoms with Crippen molar-refractivity contribution >= 4 is 11.6 Å². The lowest BCUT2D eigenvalue weighted by atomic mass is 9.73. The largest absolute Gasteiger partial charge is 0.497 e. The minimum atomic E-state index is -0.156. The van der Waals surface area contributed by atoms with Crippen LogP contribution in [0.4, 0.5) is 5.69 Å². The van der Waals surface area contributed by atoms with E-state index in [0.29, 0.717) is 25.7 Å². The molecule has 0 radical (unpaired) electrons. The SMILES string of the molecule is COc1cccc(NC(N)=NCC2(c3cc(C)ccc3OC)CCOCC2)c1. The van der Waals surface area contributed by atoms with E-state index in [1.807, 2.05) is 30.3 Å². The summed E-state index contributed by atoms with van der Waals surface area (Å²) in [6, 6.07) is 13.9. The number of nitrogens with two attached hydrogens (primary N) is 1. The van der Waals surface area contributed by atoms with Crippen molar-refractivity contribution in [3.63, 3.8) is 0 Å². The summed E-state index contributed by atoms with van der Waals surface area (Å²) in [4.78, 5) is 4.68. The number of anilines is 1. The smallest absolute Gasteiger partial charge is 0.193 e. The van der Waals surface area contributed by atoms with Gasteiger partial charge in [0.1, 0.15) is 11.5 Å². The summed E-state index contributed by atoms with van der Waals surface area (Å²) in [5.74, 6) is 2.04. The Hall–Kier alpha value is -2.73. The molecule has 28 heavy (non-hydrogen) atoms. The van der Waals surface area contributed by atoms with Gasteiger partial charge in [0.2, 0.25) is 0 Å². The van der Waals surface area contributed by atoms with Gasteiger partial charge in [-0.25, -0.2) is 0 Å². The van der Waals surface area contributed by atoms with E-state index in [9.17, 15) is 0 Å². The number of aliphatic imine (C=N–C) groups is 1. The van der Waals surface area contributed by atoms with Crippen LogP contribution in [0.2, 0.25) is 0 Å². The van der Waals surface area contributed by atoms with Gasteiger partial charge < -0.3 is 25.3 Å². The molecule has 0 amide bonds. The third kappa shape index (κ3) is 4.57. The highest BCUT2D eigenvalue weighted by Crippen LogP contribution is 2.40. The lowest BCUT2D eigenvalue weighted by Crippen LogP contribution is -2.38. The molecular weight excluding hydrogens is 354 g/mol. The Morgan fingerprint density at radius 2 is 1.93 bits per heavy atom. The molecule has 1 aliphatic rings. The number of methoxy groups -OCH3 is 2. The molecule has 3 N–H and O–H groups in total. The van der Waals surface area contributed by atoms with Crippen LogP contribution in [0.5, 0.6) is 11.5 Å². The van der Waals surface area contributed by atoms with Crippen molar-refractivity contribution in [3.8, 4) is 11.5 Å². The minimum Gasteiger partial charge on any atom is -0.497 e. The maximum atomic E-state index is 6.19. The molecule has 1 saturated heterocycles. The zero-order valence-electron chi connectivity index (χ0n) is 16.8. The highest BCUT2D eigenvalue weighted by Gasteiger charge is 2.37. The van der Waals surface area contributed by atoms with Gasteiger partial charge in [0.25, 0.3) is 0 Å². The van der Waals surface area contributed by atoms with Gasteiger partial charge in [-0.1, -0.05) is 23.8 Å². The zero-order chi connectivity index (χ0) is 20.0. The summed E-state index contributed by atoms with van der Waals surface area (Å²) in [7, 11) is 3.35. The third-order valence-corrected chi connectivity index (χ3v) is 5.27. The summed E-state index contributed by atoms with van der Waals surface area (Å²) >= 11 is 0. The van der Waals surface area contributed by atoms with Crippen LogP contribution >= 0.6 is 0 Å². The molecule has 150 valence electrons. The molecule has 0 aliphatic carbocycles. The molecule has 0 atom stereocenters. The Morgan fingerprint density at radius 3 is 2.64 bits per heavy atom. The van der Waals surface area contributed by atoms with Gasteiger partial charge in [-0.2, -0.15) is 0 Å². The van der Waals surface area contributed by atoms with Crippen molar-refractivity contribution in [1.29, 1.82) is 0 Å². The summed E-state index contributed by atoms with van der Waals surface area (Å²) in [6.45, 7) is 4.07. The van der Waals surface area contributed by atoms with Crippen molar-refractivity contribution in [2.75, 3.05) is 39.3 Å². The first kappa shape index (κ1) is 20.0. The number of aryl methyl sites for hydroxylation is 1. The number of nitrogens with one attached hydrogen (secondary N) is 1. The Bertz CT molecular complexity index is 830. The number of ether oxygens (including phenoxy) is 3. The molecule has 3 rings (SSSR count). The van der Waals surface area contributed by atoms with Gasteiger partial charge in [-0.15, -0.1) is 0 Å². The fourth-order valence-corrected chi connectivity index (χ4v) is 3.64. The number of guanidine groups is 1. The molecule has 1 heterocycles. The highest BCUT2D eigenvalue weighted by molar-refractivity contribution is 5.92. The van der Waals surface area contributed by atoms with Crippen LogP contribution in [0.1, 0.15) is 24.0 Å². The van der Waals surface area contributed by atoms with E-state index in [2.05, 4.69) is 29.4 Å². The number of hydrogen-bond donors (Lipinski definition) is 2. The first-order chi connectivity index (χ1) is 13.6. The molecule has 1 fully saturated rings. The number of hydrogen-bond acceptors (Lipinski definition) is 4. The molecule has 6 nitrogen and oxygen atoms in total. The first-order valence-electron chi connectivity index (χ1n) is 9.50. The lowest BCUT2D eigenvalue weighted by Gasteiger charge is -2.37. The quantitative estimate of drug-likeness (QED) is 0.590. The summed E-state index contributed by atoms with van der Waals surface area (Å²) in [6.07, 6.45) is 1.76. The van der Waals surface area contributed by atoms with Crippen LogP contribution in [0.25, 0.3) is 0 Å². The van der Waals surface area contributed by atoms with Crippen molar-refractivity contribution < 1.29 is 14.2 Å². The van der Waals surface area contributed by atoms with E-state index in [-0.39, 0.29) is 5.41 Å². The van der Waals surface area contributed by atoms with E-state index in [0.717, 1.165) is 30.0 Å². The molecule has 0 unspecified atom stereocenters. The Balaban J connectivity index is 1.84. The van der Waals surface area contributed by atoms with Gasteiger partial charge in [0.05, 0.1) is 20.8 Å². The topological polar surface area (TPSA) is 78.1 Å². The Morgan fingerprint density at radius 1 is 1.14 bits per heavy atom. The zero-order valence-corrected chi connectivity index (χ0v) is 16.8.